The van der Waals surface area contributed by atoms with Crippen molar-refractivity contribution in [1.82, 2.24) is 20.2 Å². The third kappa shape index (κ3) is 1.95. The largest absolute Gasteiger partial charge is 0.394 e. The predicted octanol–water partition coefficient (Wildman–Crippen LogP) is -1.83. The van der Waals surface area contributed by atoms with Crippen LogP contribution in [0, 0.1) is 0 Å². The first-order valence-electron chi connectivity index (χ1n) is 3.44. The maximum atomic E-state index is 8.58. The van der Waals surface area contributed by atoms with Gasteiger partial charge in [-0.15, -0.1) is 5.10 Å². The molecule has 0 aliphatic heterocycles. The monoisotopic (exact) mass is 157 g/mol. The molecule has 1 aromatic rings. The molecule has 0 spiro atoms. The summed E-state index contributed by atoms with van der Waals surface area (Å²) in [5.74, 6) is 0.724. The molecule has 0 aromatic carbocycles. The lowest BCUT2D eigenvalue weighted by Crippen LogP contribution is -2.12. The van der Waals surface area contributed by atoms with Crippen LogP contribution in [0.1, 0.15) is 5.82 Å². The molecule has 11 heavy (non-hydrogen) atoms. The van der Waals surface area contributed by atoms with Crippen LogP contribution in [0.25, 0.3) is 0 Å². The van der Waals surface area contributed by atoms with E-state index in [0.717, 1.165) is 5.82 Å². The molecular formula is C5H11N5O. The van der Waals surface area contributed by atoms with Gasteiger partial charge in [0.2, 0.25) is 0 Å². The number of tetrazole rings is 1. The molecule has 0 aliphatic carbocycles. The quantitative estimate of drug-likeness (QED) is 0.536. The fourth-order valence-electron chi connectivity index (χ4n) is 0.800. The zero-order valence-electron chi connectivity index (χ0n) is 6.14. The van der Waals surface area contributed by atoms with Crippen molar-refractivity contribution in [2.24, 2.45) is 5.73 Å². The van der Waals surface area contributed by atoms with Crippen molar-refractivity contribution in [3.8, 4) is 0 Å². The average molecular weight is 157 g/mol. The Bertz CT molecular complexity index is 190. The normalized spacial score (nSPS) is 10.4. The number of aliphatic hydroxyl groups excluding tert-OH is 1. The lowest BCUT2D eigenvalue weighted by atomic mass is 10.4. The van der Waals surface area contributed by atoms with Crippen molar-refractivity contribution in [1.29, 1.82) is 0 Å². The summed E-state index contributed by atoms with van der Waals surface area (Å²) in [5.41, 5.74) is 5.31. The Kier molecular flexibility index (Phi) is 2.94. The highest BCUT2D eigenvalue weighted by Gasteiger charge is 2.02. The highest BCUT2D eigenvalue weighted by atomic mass is 16.3. The standard InChI is InChI=1S/C5H11N5O/c6-2-1-5-7-8-9-10(5)3-4-11/h11H,1-4,6H2. The van der Waals surface area contributed by atoms with Gasteiger partial charge in [-0.3, -0.25) is 0 Å². The van der Waals surface area contributed by atoms with E-state index in [4.69, 9.17) is 10.8 Å². The van der Waals surface area contributed by atoms with Crippen molar-refractivity contribution in [2.75, 3.05) is 13.2 Å². The third-order valence-electron chi connectivity index (χ3n) is 1.29. The SMILES string of the molecule is NCCc1nnnn1CCO. The zero-order valence-corrected chi connectivity index (χ0v) is 6.14. The molecule has 6 nitrogen and oxygen atoms in total. The third-order valence-corrected chi connectivity index (χ3v) is 1.29. The van der Waals surface area contributed by atoms with Crippen molar-refractivity contribution >= 4 is 0 Å². The Morgan fingerprint density at radius 2 is 2.36 bits per heavy atom. The molecule has 0 radical (unpaired) electrons. The Balaban J connectivity index is 2.62. The van der Waals surface area contributed by atoms with Crippen LogP contribution >= 0.6 is 0 Å². The van der Waals surface area contributed by atoms with E-state index in [2.05, 4.69) is 15.5 Å². The van der Waals surface area contributed by atoms with Gasteiger partial charge in [-0.05, 0) is 17.0 Å². The number of hydrogen-bond donors (Lipinski definition) is 2. The number of nitrogens with two attached hydrogens (primary N) is 1. The summed E-state index contributed by atoms with van der Waals surface area (Å²) >= 11 is 0. The van der Waals surface area contributed by atoms with Gasteiger partial charge in [0.05, 0.1) is 13.2 Å². The molecular weight excluding hydrogens is 146 g/mol. The second kappa shape index (κ2) is 3.99. The summed E-state index contributed by atoms with van der Waals surface area (Å²) in [6.45, 7) is 0.997. The van der Waals surface area contributed by atoms with Crippen LogP contribution in [0.2, 0.25) is 0 Å². The van der Waals surface area contributed by atoms with E-state index in [9.17, 15) is 0 Å². The molecule has 1 aromatic heterocycles. The molecule has 3 N–H and O–H groups in total. The lowest BCUT2D eigenvalue weighted by molar-refractivity contribution is 0.266. The maximum absolute atomic E-state index is 8.58. The summed E-state index contributed by atoms with van der Waals surface area (Å²) in [6.07, 6.45) is 0.646. The van der Waals surface area contributed by atoms with E-state index >= 15 is 0 Å². The minimum absolute atomic E-state index is 0.0443. The van der Waals surface area contributed by atoms with Crippen molar-refractivity contribution < 1.29 is 5.11 Å². The maximum Gasteiger partial charge on any atom is 0.152 e. The van der Waals surface area contributed by atoms with Gasteiger partial charge in [0.15, 0.2) is 5.82 Å². The molecule has 0 amide bonds. The summed E-state index contributed by atoms with van der Waals surface area (Å²) in [4.78, 5) is 0. The number of aromatic nitrogens is 4. The smallest absolute Gasteiger partial charge is 0.152 e. The van der Waals surface area contributed by atoms with Crippen LogP contribution in [-0.2, 0) is 13.0 Å². The zero-order chi connectivity index (χ0) is 8.10. The highest BCUT2D eigenvalue weighted by molar-refractivity contribution is 4.80. The summed E-state index contributed by atoms with van der Waals surface area (Å²) in [6, 6.07) is 0. The second-order valence-electron chi connectivity index (χ2n) is 2.08. The van der Waals surface area contributed by atoms with E-state index in [1.54, 1.807) is 4.68 Å². The van der Waals surface area contributed by atoms with E-state index < -0.39 is 0 Å². The Labute approximate surface area is 64.0 Å². The number of hydrogen-bond acceptors (Lipinski definition) is 5. The van der Waals surface area contributed by atoms with Crippen LogP contribution in [0.3, 0.4) is 0 Å². The first kappa shape index (κ1) is 8.09. The first-order chi connectivity index (χ1) is 5.38. The van der Waals surface area contributed by atoms with Gasteiger partial charge in [0, 0.05) is 6.42 Å². The van der Waals surface area contributed by atoms with Crippen LogP contribution in [-0.4, -0.2) is 38.5 Å². The Morgan fingerprint density at radius 3 is 3.00 bits per heavy atom. The molecule has 6 heteroatoms. The molecule has 62 valence electrons. The van der Waals surface area contributed by atoms with Crippen molar-refractivity contribution in [2.45, 2.75) is 13.0 Å². The minimum atomic E-state index is 0.0443. The van der Waals surface area contributed by atoms with Gasteiger partial charge in [-0.1, -0.05) is 0 Å². The first-order valence-corrected chi connectivity index (χ1v) is 3.44. The number of rotatable bonds is 4. The van der Waals surface area contributed by atoms with Gasteiger partial charge in [0.25, 0.3) is 0 Å². The van der Waals surface area contributed by atoms with Crippen LogP contribution in [0.4, 0.5) is 0 Å². The van der Waals surface area contributed by atoms with Gasteiger partial charge in [-0.25, -0.2) is 4.68 Å². The Hall–Kier alpha value is -1.01. The molecule has 0 atom stereocenters. The predicted molar refractivity (Wildman–Crippen MR) is 37.7 cm³/mol. The van der Waals surface area contributed by atoms with Gasteiger partial charge in [-0.2, -0.15) is 0 Å². The van der Waals surface area contributed by atoms with Crippen molar-refractivity contribution in [3.63, 3.8) is 0 Å². The number of aliphatic hydroxyl groups is 1. The van der Waals surface area contributed by atoms with Crippen LogP contribution in [0.15, 0.2) is 0 Å². The van der Waals surface area contributed by atoms with E-state index in [1.807, 2.05) is 0 Å². The second-order valence-corrected chi connectivity index (χ2v) is 2.08. The van der Waals surface area contributed by atoms with Crippen LogP contribution in [0.5, 0.6) is 0 Å². The molecule has 0 aliphatic rings. The van der Waals surface area contributed by atoms with Gasteiger partial charge < -0.3 is 10.8 Å². The van der Waals surface area contributed by atoms with Gasteiger partial charge in [0.1, 0.15) is 0 Å². The summed E-state index contributed by atoms with van der Waals surface area (Å²) in [5, 5.41) is 19.4. The molecule has 0 saturated heterocycles. The van der Waals surface area contributed by atoms with E-state index in [1.165, 1.54) is 0 Å². The van der Waals surface area contributed by atoms with E-state index in [0.29, 0.717) is 19.5 Å². The summed E-state index contributed by atoms with van der Waals surface area (Å²) in [7, 11) is 0. The molecule has 1 heterocycles. The lowest BCUT2D eigenvalue weighted by Gasteiger charge is -1.98. The van der Waals surface area contributed by atoms with E-state index in [-0.39, 0.29) is 6.61 Å². The highest BCUT2D eigenvalue weighted by Crippen LogP contribution is 1.90. The molecule has 0 bridgehead atoms. The fraction of sp³-hybridized carbons (Fsp3) is 0.800. The van der Waals surface area contributed by atoms with Gasteiger partial charge >= 0.3 is 0 Å². The molecule has 0 unspecified atom stereocenters. The summed E-state index contributed by atoms with van der Waals surface area (Å²) < 4.78 is 1.55. The number of nitrogens with zero attached hydrogens (tertiary/aromatic N) is 4. The molecule has 0 fully saturated rings. The van der Waals surface area contributed by atoms with Crippen molar-refractivity contribution in [3.05, 3.63) is 5.82 Å². The molecule has 1 rings (SSSR count). The van der Waals surface area contributed by atoms with Crippen LogP contribution < -0.4 is 5.73 Å². The molecule has 0 saturated carbocycles. The topological polar surface area (TPSA) is 89.9 Å². The average Bonchev–Trinajstić information content (AvgIpc) is 2.39. The minimum Gasteiger partial charge on any atom is -0.394 e. The fourth-order valence-corrected chi connectivity index (χ4v) is 0.800. The Morgan fingerprint density at radius 1 is 1.55 bits per heavy atom.